The molecule has 0 saturated heterocycles. The first-order valence-corrected chi connectivity index (χ1v) is 9.87. The number of hydrogen-bond donors (Lipinski definition) is 1. The van der Waals surface area contributed by atoms with Crippen LogP contribution >= 0.6 is 23.2 Å². The summed E-state index contributed by atoms with van der Waals surface area (Å²) in [7, 11) is 0. The highest BCUT2D eigenvalue weighted by Crippen LogP contribution is 2.27. The molecule has 3 aromatic rings. The molecule has 0 unspecified atom stereocenters. The largest absolute Gasteiger partial charge is 0.488 e. The van der Waals surface area contributed by atoms with Crippen molar-refractivity contribution in [2.24, 2.45) is 0 Å². The summed E-state index contributed by atoms with van der Waals surface area (Å²) in [6.07, 6.45) is 1.46. The average molecular weight is 437 g/mol. The van der Waals surface area contributed by atoms with Gasteiger partial charge in [-0.15, -0.1) is 0 Å². The van der Waals surface area contributed by atoms with Crippen molar-refractivity contribution in [3.8, 4) is 11.8 Å². The molecule has 0 atom stereocenters. The average Bonchev–Trinajstić information content (AvgIpc) is 2.71. The minimum atomic E-state index is -0.510. The summed E-state index contributed by atoms with van der Waals surface area (Å²) in [5.41, 5.74) is 2.98. The quantitative estimate of drug-likeness (QED) is 0.357. The van der Waals surface area contributed by atoms with E-state index in [1.54, 1.807) is 30.3 Å². The SMILES string of the molecule is Cc1cccc(NC(=O)/C(C#N)=C/c2cc(Cl)ccc2OCc2cccc(Cl)c2)c1. The molecule has 0 heterocycles. The Bertz CT molecular complexity index is 1150. The van der Waals surface area contributed by atoms with Crippen LogP contribution in [0.4, 0.5) is 5.69 Å². The van der Waals surface area contributed by atoms with Crippen LogP contribution in [0.2, 0.25) is 10.0 Å². The summed E-state index contributed by atoms with van der Waals surface area (Å²) in [5.74, 6) is -0.0145. The smallest absolute Gasteiger partial charge is 0.266 e. The highest BCUT2D eigenvalue weighted by Gasteiger charge is 2.12. The van der Waals surface area contributed by atoms with Gasteiger partial charge in [0, 0.05) is 21.3 Å². The van der Waals surface area contributed by atoms with Gasteiger partial charge in [-0.2, -0.15) is 5.26 Å². The standard InChI is InChI=1S/C24H18Cl2N2O2/c1-16-4-2-7-22(10-16)28-24(29)19(14-27)12-18-13-21(26)8-9-23(18)30-15-17-5-3-6-20(25)11-17/h2-13H,15H2,1H3,(H,28,29)/b19-12+. The molecular weight excluding hydrogens is 419 g/mol. The monoisotopic (exact) mass is 436 g/mol. The molecule has 1 amide bonds. The van der Waals surface area contributed by atoms with Crippen LogP contribution in [0.1, 0.15) is 16.7 Å². The lowest BCUT2D eigenvalue weighted by Gasteiger charge is -2.11. The number of halogens is 2. The van der Waals surface area contributed by atoms with Crippen molar-refractivity contribution in [2.75, 3.05) is 5.32 Å². The fourth-order valence-electron chi connectivity index (χ4n) is 2.78. The van der Waals surface area contributed by atoms with E-state index in [9.17, 15) is 10.1 Å². The van der Waals surface area contributed by atoms with Crippen LogP contribution < -0.4 is 10.1 Å². The molecule has 0 aromatic heterocycles. The minimum Gasteiger partial charge on any atom is -0.488 e. The van der Waals surface area contributed by atoms with E-state index in [0.29, 0.717) is 27.0 Å². The van der Waals surface area contributed by atoms with Crippen LogP contribution in [0, 0.1) is 18.3 Å². The Kier molecular flexibility index (Phi) is 7.13. The molecule has 1 N–H and O–H groups in total. The maximum Gasteiger partial charge on any atom is 0.266 e. The Morgan fingerprint density at radius 2 is 1.83 bits per heavy atom. The Morgan fingerprint density at radius 1 is 1.07 bits per heavy atom. The lowest BCUT2D eigenvalue weighted by molar-refractivity contribution is -0.112. The van der Waals surface area contributed by atoms with Crippen molar-refractivity contribution < 1.29 is 9.53 Å². The van der Waals surface area contributed by atoms with Crippen molar-refractivity contribution in [2.45, 2.75) is 13.5 Å². The molecule has 0 spiro atoms. The summed E-state index contributed by atoms with van der Waals surface area (Å²) in [5, 5.41) is 13.3. The molecule has 0 aliphatic rings. The first-order valence-electron chi connectivity index (χ1n) is 9.11. The van der Waals surface area contributed by atoms with Crippen molar-refractivity contribution in [1.29, 1.82) is 5.26 Å². The fourth-order valence-corrected chi connectivity index (χ4v) is 3.17. The topological polar surface area (TPSA) is 62.1 Å². The van der Waals surface area contributed by atoms with E-state index in [2.05, 4.69) is 5.32 Å². The first kappa shape index (κ1) is 21.4. The Morgan fingerprint density at radius 3 is 2.57 bits per heavy atom. The molecular formula is C24H18Cl2N2O2. The lowest BCUT2D eigenvalue weighted by Crippen LogP contribution is -2.13. The number of hydrogen-bond acceptors (Lipinski definition) is 3. The van der Waals surface area contributed by atoms with Gasteiger partial charge in [-0.05, 0) is 66.6 Å². The van der Waals surface area contributed by atoms with Gasteiger partial charge in [0.2, 0.25) is 0 Å². The van der Waals surface area contributed by atoms with E-state index in [0.717, 1.165) is 11.1 Å². The number of amides is 1. The lowest BCUT2D eigenvalue weighted by atomic mass is 10.1. The summed E-state index contributed by atoms with van der Waals surface area (Å²) in [4.78, 5) is 12.6. The third-order valence-corrected chi connectivity index (χ3v) is 4.67. The number of anilines is 1. The van der Waals surface area contributed by atoms with E-state index in [4.69, 9.17) is 27.9 Å². The van der Waals surface area contributed by atoms with Crippen LogP contribution in [-0.2, 0) is 11.4 Å². The van der Waals surface area contributed by atoms with Crippen LogP contribution in [-0.4, -0.2) is 5.91 Å². The van der Waals surface area contributed by atoms with Crippen molar-refractivity contribution in [3.05, 3.63) is 99.0 Å². The number of nitrogens with one attached hydrogen (secondary N) is 1. The fraction of sp³-hybridized carbons (Fsp3) is 0.0833. The van der Waals surface area contributed by atoms with Crippen molar-refractivity contribution in [1.82, 2.24) is 0 Å². The van der Waals surface area contributed by atoms with E-state index in [1.165, 1.54) is 6.08 Å². The van der Waals surface area contributed by atoms with Crippen LogP contribution in [0.3, 0.4) is 0 Å². The van der Waals surface area contributed by atoms with Gasteiger partial charge in [0.25, 0.3) is 5.91 Å². The molecule has 3 rings (SSSR count). The predicted octanol–water partition coefficient (Wildman–Crippen LogP) is 6.43. The molecule has 150 valence electrons. The van der Waals surface area contributed by atoms with Gasteiger partial charge in [0.05, 0.1) is 0 Å². The molecule has 0 aliphatic heterocycles. The Labute approximate surface area is 185 Å². The number of carbonyl (C=O) groups excluding carboxylic acids is 1. The van der Waals surface area contributed by atoms with Gasteiger partial charge < -0.3 is 10.1 Å². The van der Waals surface area contributed by atoms with Crippen molar-refractivity contribution in [3.63, 3.8) is 0 Å². The minimum absolute atomic E-state index is 0.0635. The Balaban J connectivity index is 1.83. The van der Waals surface area contributed by atoms with E-state index >= 15 is 0 Å². The third-order valence-electron chi connectivity index (χ3n) is 4.20. The summed E-state index contributed by atoms with van der Waals surface area (Å²) in [6.45, 7) is 2.20. The summed E-state index contributed by atoms with van der Waals surface area (Å²) in [6, 6.07) is 21.7. The molecule has 0 bridgehead atoms. The summed E-state index contributed by atoms with van der Waals surface area (Å²) >= 11 is 12.1. The highest BCUT2D eigenvalue weighted by atomic mass is 35.5. The van der Waals surface area contributed by atoms with Gasteiger partial charge in [0.15, 0.2) is 0 Å². The maximum absolute atomic E-state index is 12.6. The zero-order valence-corrected chi connectivity index (χ0v) is 17.7. The highest BCUT2D eigenvalue weighted by molar-refractivity contribution is 6.31. The number of ether oxygens (including phenoxy) is 1. The third kappa shape index (κ3) is 5.87. The van der Waals surface area contributed by atoms with Crippen LogP contribution in [0.15, 0.2) is 72.3 Å². The zero-order valence-electron chi connectivity index (χ0n) is 16.2. The van der Waals surface area contributed by atoms with Crippen LogP contribution in [0.5, 0.6) is 5.75 Å². The van der Waals surface area contributed by atoms with Gasteiger partial charge in [0.1, 0.15) is 24.0 Å². The number of rotatable bonds is 6. The zero-order chi connectivity index (χ0) is 21.5. The number of nitriles is 1. The second kappa shape index (κ2) is 9.98. The molecule has 6 heteroatoms. The van der Waals surface area contributed by atoms with E-state index in [-0.39, 0.29) is 12.2 Å². The second-order valence-electron chi connectivity index (χ2n) is 6.59. The van der Waals surface area contributed by atoms with Gasteiger partial charge in [-0.1, -0.05) is 47.5 Å². The molecule has 4 nitrogen and oxygen atoms in total. The summed E-state index contributed by atoms with van der Waals surface area (Å²) < 4.78 is 5.89. The second-order valence-corrected chi connectivity index (χ2v) is 7.47. The molecule has 0 radical (unpaired) electrons. The predicted molar refractivity (Wildman–Crippen MR) is 121 cm³/mol. The molecule has 0 fully saturated rings. The number of carbonyl (C=O) groups is 1. The van der Waals surface area contributed by atoms with Crippen molar-refractivity contribution >= 4 is 40.9 Å². The molecule has 0 aliphatic carbocycles. The van der Waals surface area contributed by atoms with Gasteiger partial charge in [-0.25, -0.2) is 0 Å². The molecule has 0 saturated carbocycles. The molecule has 30 heavy (non-hydrogen) atoms. The van der Waals surface area contributed by atoms with E-state index in [1.807, 2.05) is 49.4 Å². The Hall–Kier alpha value is -3.26. The number of benzene rings is 3. The first-order chi connectivity index (χ1) is 14.4. The normalized spacial score (nSPS) is 10.9. The van der Waals surface area contributed by atoms with Crippen LogP contribution in [0.25, 0.3) is 6.08 Å². The maximum atomic E-state index is 12.6. The molecule has 3 aromatic carbocycles. The number of aryl methyl sites for hydroxylation is 1. The van der Waals surface area contributed by atoms with Gasteiger partial charge in [-0.3, -0.25) is 4.79 Å². The van der Waals surface area contributed by atoms with Gasteiger partial charge >= 0.3 is 0 Å². The number of nitrogens with zero attached hydrogens (tertiary/aromatic N) is 1. The van der Waals surface area contributed by atoms with E-state index < -0.39 is 5.91 Å².